The van der Waals surface area contributed by atoms with Crippen LogP contribution in [0.15, 0.2) is 48.5 Å². The molecule has 4 nitrogen and oxygen atoms in total. The molecular formula is C20H24N2O2. The lowest BCUT2D eigenvalue weighted by molar-refractivity contribution is -0.114. The van der Waals surface area contributed by atoms with Gasteiger partial charge >= 0.3 is 0 Å². The van der Waals surface area contributed by atoms with Gasteiger partial charge in [-0.1, -0.05) is 32.9 Å². The molecule has 2 aromatic carbocycles. The highest BCUT2D eigenvalue weighted by atomic mass is 16.2. The van der Waals surface area contributed by atoms with Crippen LogP contribution >= 0.6 is 0 Å². The molecule has 0 fully saturated rings. The zero-order valence-electron chi connectivity index (χ0n) is 14.6. The van der Waals surface area contributed by atoms with Crippen LogP contribution in [-0.2, 0) is 10.2 Å². The lowest BCUT2D eigenvalue weighted by Crippen LogP contribution is -2.21. The van der Waals surface area contributed by atoms with Crippen molar-refractivity contribution in [1.29, 1.82) is 0 Å². The summed E-state index contributed by atoms with van der Waals surface area (Å²) in [7, 11) is 0. The molecule has 0 radical (unpaired) electrons. The van der Waals surface area contributed by atoms with Crippen LogP contribution in [0.1, 0.15) is 43.6 Å². The van der Waals surface area contributed by atoms with E-state index in [1.54, 1.807) is 24.3 Å². The van der Waals surface area contributed by atoms with Crippen LogP contribution < -0.4 is 10.6 Å². The Morgan fingerprint density at radius 3 is 1.92 bits per heavy atom. The number of benzene rings is 2. The number of ketones is 1. The van der Waals surface area contributed by atoms with Crippen molar-refractivity contribution in [1.82, 2.24) is 0 Å². The summed E-state index contributed by atoms with van der Waals surface area (Å²) >= 11 is 0. The summed E-state index contributed by atoms with van der Waals surface area (Å²) in [6.07, 6.45) is 0. The van der Waals surface area contributed by atoms with Gasteiger partial charge in [0.2, 0.25) is 5.91 Å². The van der Waals surface area contributed by atoms with E-state index in [1.165, 1.54) is 12.5 Å². The molecule has 0 aliphatic rings. The fourth-order valence-corrected chi connectivity index (χ4v) is 2.26. The van der Waals surface area contributed by atoms with E-state index in [1.807, 2.05) is 24.3 Å². The molecule has 0 unspecified atom stereocenters. The SMILES string of the molecule is CC(=O)c1ccc(NCC(=O)Nc2ccc(C(C)(C)C)cc2)cc1. The van der Waals surface area contributed by atoms with Gasteiger partial charge in [0, 0.05) is 16.9 Å². The molecule has 0 aliphatic carbocycles. The Morgan fingerprint density at radius 1 is 0.875 bits per heavy atom. The van der Waals surface area contributed by atoms with Crippen molar-refractivity contribution < 1.29 is 9.59 Å². The molecule has 0 bridgehead atoms. The highest BCUT2D eigenvalue weighted by Crippen LogP contribution is 2.23. The maximum atomic E-state index is 12.0. The van der Waals surface area contributed by atoms with E-state index in [-0.39, 0.29) is 23.7 Å². The largest absolute Gasteiger partial charge is 0.376 e. The minimum absolute atomic E-state index is 0.0259. The average Bonchev–Trinajstić information content (AvgIpc) is 2.53. The first-order valence-corrected chi connectivity index (χ1v) is 8.01. The number of carbonyl (C=O) groups excluding carboxylic acids is 2. The first-order chi connectivity index (χ1) is 11.3. The summed E-state index contributed by atoms with van der Waals surface area (Å²) in [5.74, 6) is -0.0906. The summed E-state index contributed by atoms with van der Waals surface area (Å²) in [6, 6.07) is 15.0. The normalized spacial score (nSPS) is 11.0. The van der Waals surface area contributed by atoms with Crippen molar-refractivity contribution in [3.05, 3.63) is 59.7 Å². The molecule has 24 heavy (non-hydrogen) atoms. The summed E-state index contributed by atoms with van der Waals surface area (Å²) < 4.78 is 0. The van der Waals surface area contributed by atoms with Crippen LogP contribution in [0.5, 0.6) is 0 Å². The number of Topliss-reactive ketones (excluding diaryl/α,β-unsaturated/α-hetero) is 1. The van der Waals surface area contributed by atoms with Gasteiger partial charge < -0.3 is 10.6 Å². The van der Waals surface area contributed by atoms with E-state index >= 15 is 0 Å². The molecular weight excluding hydrogens is 300 g/mol. The van der Waals surface area contributed by atoms with Gasteiger partial charge in [0.25, 0.3) is 0 Å². The van der Waals surface area contributed by atoms with Crippen molar-refractivity contribution >= 4 is 23.1 Å². The molecule has 1 amide bonds. The molecule has 0 saturated carbocycles. The number of nitrogens with one attached hydrogen (secondary N) is 2. The van der Waals surface area contributed by atoms with Gasteiger partial charge in [-0.15, -0.1) is 0 Å². The second kappa shape index (κ2) is 7.30. The van der Waals surface area contributed by atoms with E-state index in [9.17, 15) is 9.59 Å². The Hall–Kier alpha value is -2.62. The van der Waals surface area contributed by atoms with E-state index in [0.717, 1.165) is 11.4 Å². The van der Waals surface area contributed by atoms with Gasteiger partial charge in [0.1, 0.15) is 0 Å². The molecule has 2 rings (SSSR count). The molecule has 2 aromatic rings. The third kappa shape index (κ3) is 4.95. The fourth-order valence-electron chi connectivity index (χ4n) is 2.26. The quantitative estimate of drug-likeness (QED) is 0.809. The second-order valence-corrected chi connectivity index (χ2v) is 6.86. The van der Waals surface area contributed by atoms with Gasteiger partial charge in [0.15, 0.2) is 5.78 Å². The molecule has 0 aliphatic heterocycles. The molecule has 0 spiro atoms. The van der Waals surface area contributed by atoms with E-state index in [4.69, 9.17) is 0 Å². The van der Waals surface area contributed by atoms with Crippen LogP contribution in [-0.4, -0.2) is 18.2 Å². The summed E-state index contributed by atoms with van der Waals surface area (Å²) in [5.41, 5.74) is 3.56. The van der Waals surface area contributed by atoms with Crippen LogP contribution in [0.4, 0.5) is 11.4 Å². The number of amides is 1. The number of anilines is 2. The lowest BCUT2D eigenvalue weighted by atomic mass is 9.87. The van der Waals surface area contributed by atoms with Crippen LogP contribution in [0.2, 0.25) is 0 Å². The number of carbonyl (C=O) groups is 2. The monoisotopic (exact) mass is 324 g/mol. The molecule has 0 aromatic heterocycles. The Kier molecular flexibility index (Phi) is 5.39. The van der Waals surface area contributed by atoms with Gasteiger partial charge in [-0.05, 0) is 54.3 Å². The van der Waals surface area contributed by atoms with Crippen molar-refractivity contribution in [3.63, 3.8) is 0 Å². The van der Waals surface area contributed by atoms with Gasteiger partial charge in [-0.3, -0.25) is 9.59 Å². The van der Waals surface area contributed by atoms with Crippen molar-refractivity contribution in [3.8, 4) is 0 Å². The Labute approximate surface area is 143 Å². The number of hydrogen-bond acceptors (Lipinski definition) is 3. The second-order valence-electron chi connectivity index (χ2n) is 6.86. The summed E-state index contributed by atoms with van der Waals surface area (Å²) in [5, 5.41) is 5.91. The van der Waals surface area contributed by atoms with Crippen molar-refractivity contribution in [2.24, 2.45) is 0 Å². The highest BCUT2D eigenvalue weighted by Gasteiger charge is 2.13. The van der Waals surface area contributed by atoms with Crippen LogP contribution in [0.25, 0.3) is 0 Å². The minimum Gasteiger partial charge on any atom is -0.376 e. The van der Waals surface area contributed by atoms with Gasteiger partial charge in [-0.2, -0.15) is 0 Å². The zero-order valence-corrected chi connectivity index (χ0v) is 14.6. The number of hydrogen-bond donors (Lipinski definition) is 2. The number of rotatable bonds is 5. The van der Waals surface area contributed by atoms with E-state index < -0.39 is 0 Å². The Bertz CT molecular complexity index is 711. The third-order valence-corrected chi connectivity index (χ3v) is 3.78. The van der Waals surface area contributed by atoms with E-state index in [0.29, 0.717) is 5.56 Å². The van der Waals surface area contributed by atoms with Crippen LogP contribution in [0.3, 0.4) is 0 Å². The predicted octanol–water partition coefficient (Wildman–Crippen LogP) is 4.24. The van der Waals surface area contributed by atoms with Gasteiger partial charge in [0.05, 0.1) is 6.54 Å². The Morgan fingerprint density at radius 2 is 1.42 bits per heavy atom. The van der Waals surface area contributed by atoms with Crippen molar-refractivity contribution in [2.75, 3.05) is 17.2 Å². The van der Waals surface area contributed by atoms with Gasteiger partial charge in [-0.25, -0.2) is 0 Å². The molecule has 0 heterocycles. The summed E-state index contributed by atoms with van der Waals surface area (Å²) in [4.78, 5) is 23.2. The lowest BCUT2D eigenvalue weighted by Gasteiger charge is -2.19. The molecule has 4 heteroatoms. The van der Waals surface area contributed by atoms with Crippen molar-refractivity contribution in [2.45, 2.75) is 33.1 Å². The maximum absolute atomic E-state index is 12.0. The fraction of sp³-hybridized carbons (Fsp3) is 0.300. The first kappa shape index (κ1) is 17.7. The molecule has 2 N–H and O–H groups in total. The first-order valence-electron chi connectivity index (χ1n) is 8.01. The topological polar surface area (TPSA) is 58.2 Å². The minimum atomic E-state index is -0.117. The third-order valence-electron chi connectivity index (χ3n) is 3.78. The summed E-state index contributed by atoms with van der Waals surface area (Å²) in [6.45, 7) is 8.16. The Balaban J connectivity index is 1.88. The standard InChI is InChI=1S/C20H24N2O2/c1-14(23)15-5-9-17(10-6-15)21-13-19(24)22-18-11-7-16(8-12-18)20(2,3)4/h5-12,21H,13H2,1-4H3,(H,22,24). The molecule has 126 valence electrons. The van der Waals surface area contributed by atoms with E-state index in [2.05, 4.69) is 31.4 Å². The maximum Gasteiger partial charge on any atom is 0.243 e. The zero-order chi connectivity index (χ0) is 17.7. The predicted molar refractivity (Wildman–Crippen MR) is 98.7 cm³/mol. The molecule has 0 saturated heterocycles. The highest BCUT2D eigenvalue weighted by molar-refractivity contribution is 5.95. The average molecular weight is 324 g/mol. The van der Waals surface area contributed by atoms with Crippen LogP contribution in [0, 0.1) is 0 Å². The molecule has 0 atom stereocenters. The smallest absolute Gasteiger partial charge is 0.243 e.